The Labute approximate surface area is 158 Å². The molecule has 0 saturated carbocycles. The van der Waals surface area contributed by atoms with Crippen LogP contribution in [0.3, 0.4) is 0 Å². The number of benzene rings is 1. The molecule has 0 N–H and O–H groups in total. The largest absolute Gasteiger partial charge is 0.378 e. The van der Waals surface area contributed by atoms with Crippen molar-refractivity contribution < 1.29 is 4.74 Å². The summed E-state index contributed by atoms with van der Waals surface area (Å²) in [6, 6.07) is 11.2. The minimum Gasteiger partial charge on any atom is -0.378 e. The van der Waals surface area contributed by atoms with Crippen molar-refractivity contribution >= 4 is 10.9 Å². The Hall–Kier alpha value is -2.97. The fourth-order valence-electron chi connectivity index (χ4n) is 3.39. The first-order chi connectivity index (χ1) is 13.1. The van der Waals surface area contributed by atoms with Gasteiger partial charge in [-0.25, -0.2) is 9.97 Å². The second-order valence-electron chi connectivity index (χ2n) is 7.09. The number of fused-ring (bicyclic) bond motifs is 2. The summed E-state index contributed by atoms with van der Waals surface area (Å²) in [5.41, 5.74) is 2.03. The maximum absolute atomic E-state index is 13.0. The van der Waals surface area contributed by atoms with Crippen LogP contribution in [-0.4, -0.2) is 27.2 Å². The van der Waals surface area contributed by atoms with Crippen molar-refractivity contribution in [1.29, 1.82) is 0 Å². The van der Waals surface area contributed by atoms with Gasteiger partial charge in [0, 0.05) is 31.8 Å². The van der Waals surface area contributed by atoms with Crippen LogP contribution in [0.1, 0.15) is 36.8 Å². The Morgan fingerprint density at radius 3 is 2.85 bits per heavy atom. The number of pyridine rings is 1. The smallest absolute Gasteiger partial charge is 0.261 e. The molecule has 0 radical (unpaired) electrons. The molecule has 0 aliphatic carbocycles. The molecule has 27 heavy (non-hydrogen) atoms. The number of hydrogen-bond acceptors (Lipinski definition) is 4. The first-order valence-electron chi connectivity index (χ1n) is 9.10. The molecule has 3 aromatic rings. The molecule has 1 unspecified atom stereocenters. The highest BCUT2D eigenvalue weighted by atomic mass is 16.5. The fourth-order valence-corrected chi connectivity index (χ4v) is 3.39. The Balaban J connectivity index is 1.74. The molecule has 4 rings (SSSR count). The van der Waals surface area contributed by atoms with Crippen molar-refractivity contribution in [2.24, 2.45) is 0 Å². The number of aromatic nitrogens is 3. The average molecular weight is 359 g/mol. The predicted octanol–water partition coefficient (Wildman–Crippen LogP) is 2.93. The van der Waals surface area contributed by atoms with Crippen LogP contribution < -0.4 is 5.56 Å². The maximum atomic E-state index is 13.0. The Morgan fingerprint density at radius 1 is 1.19 bits per heavy atom. The van der Waals surface area contributed by atoms with Gasteiger partial charge in [0.05, 0.1) is 16.5 Å². The molecule has 0 saturated heterocycles. The summed E-state index contributed by atoms with van der Waals surface area (Å²) in [7, 11) is 1.73. The lowest BCUT2D eigenvalue weighted by Gasteiger charge is -2.25. The third kappa shape index (κ3) is 3.49. The van der Waals surface area contributed by atoms with Crippen LogP contribution in [0.5, 0.6) is 0 Å². The summed E-state index contributed by atoms with van der Waals surface area (Å²) in [6.45, 7) is 2.72. The van der Waals surface area contributed by atoms with Gasteiger partial charge in [-0.2, -0.15) is 0 Å². The highest BCUT2D eigenvalue weighted by Gasteiger charge is 2.28. The van der Waals surface area contributed by atoms with Gasteiger partial charge in [-0.3, -0.25) is 9.36 Å². The first-order valence-corrected chi connectivity index (χ1v) is 9.10. The second-order valence-corrected chi connectivity index (χ2v) is 7.09. The summed E-state index contributed by atoms with van der Waals surface area (Å²) < 4.78 is 7.45. The van der Waals surface area contributed by atoms with E-state index in [9.17, 15) is 4.79 Å². The van der Waals surface area contributed by atoms with Crippen LogP contribution in [0.4, 0.5) is 0 Å². The summed E-state index contributed by atoms with van der Waals surface area (Å²) in [5.74, 6) is 6.97. The van der Waals surface area contributed by atoms with E-state index in [-0.39, 0.29) is 11.2 Å². The third-order valence-corrected chi connectivity index (χ3v) is 5.27. The van der Waals surface area contributed by atoms with E-state index < -0.39 is 0 Å². The van der Waals surface area contributed by atoms with Gasteiger partial charge in [-0.05, 0) is 56.0 Å². The molecule has 0 amide bonds. The first kappa shape index (κ1) is 17.4. The number of nitrogens with zero attached hydrogens (tertiary/aromatic N) is 3. The summed E-state index contributed by atoms with van der Waals surface area (Å²) in [6.07, 6.45) is 4.09. The highest BCUT2D eigenvalue weighted by molar-refractivity contribution is 5.79. The van der Waals surface area contributed by atoms with Crippen molar-refractivity contribution in [2.45, 2.75) is 38.3 Å². The molecule has 1 atom stereocenters. The molecule has 0 spiro atoms. The van der Waals surface area contributed by atoms with Crippen molar-refractivity contribution in [3.8, 4) is 11.8 Å². The topological polar surface area (TPSA) is 57.0 Å². The van der Waals surface area contributed by atoms with E-state index in [1.165, 1.54) is 0 Å². The third-order valence-electron chi connectivity index (χ3n) is 5.27. The Morgan fingerprint density at radius 2 is 2.07 bits per heavy atom. The molecule has 5 nitrogen and oxygen atoms in total. The van der Waals surface area contributed by atoms with Gasteiger partial charge in [0.15, 0.2) is 0 Å². The van der Waals surface area contributed by atoms with E-state index in [2.05, 4.69) is 23.7 Å². The summed E-state index contributed by atoms with van der Waals surface area (Å²) in [5, 5.41) is 0.628. The Kier molecular flexibility index (Phi) is 4.51. The van der Waals surface area contributed by atoms with Crippen LogP contribution in [0, 0.1) is 11.8 Å². The van der Waals surface area contributed by atoms with E-state index in [0.717, 1.165) is 30.7 Å². The number of aryl methyl sites for hydroxylation is 1. The summed E-state index contributed by atoms with van der Waals surface area (Å²) >= 11 is 0. The van der Waals surface area contributed by atoms with Crippen molar-refractivity contribution in [3.05, 3.63) is 70.0 Å². The number of methoxy groups -OCH3 is 1. The molecule has 1 aliphatic heterocycles. The zero-order chi connectivity index (χ0) is 18.9. The molecule has 0 bridgehead atoms. The summed E-state index contributed by atoms with van der Waals surface area (Å²) in [4.78, 5) is 21.9. The quantitative estimate of drug-likeness (QED) is 0.627. The van der Waals surface area contributed by atoms with Gasteiger partial charge >= 0.3 is 0 Å². The second kappa shape index (κ2) is 6.98. The highest BCUT2D eigenvalue weighted by Crippen LogP contribution is 2.26. The number of ether oxygens (including phenoxy) is 1. The normalized spacial score (nSPS) is 19.0. The number of rotatable bonds is 1. The zero-order valence-corrected chi connectivity index (χ0v) is 15.5. The lowest BCUT2D eigenvalue weighted by molar-refractivity contribution is -0.00757. The van der Waals surface area contributed by atoms with Crippen molar-refractivity contribution in [1.82, 2.24) is 14.5 Å². The van der Waals surface area contributed by atoms with Crippen LogP contribution in [0.15, 0.2) is 47.4 Å². The molecule has 1 aliphatic rings. The van der Waals surface area contributed by atoms with Gasteiger partial charge in [-0.1, -0.05) is 12.0 Å². The SMILES string of the molecule is COC1(C)CCc2nc3cc(C#Cc4ccccn4)ccc3c(=O)n2CC1. The zero-order valence-electron chi connectivity index (χ0n) is 15.5. The lowest BCUT2D eigenvalue weighted by Crippen LogP contribution is -2.29. The monoisotopic (exact) mass is 359 g/mol. The predicted molar refractivity (Wildman–Crippen MR) is 105 cm³/mol. The van der Waals surface area contributed by atoms with E-state index in [0.29, 0.717) is 23.1 Å². The van der Waals surface area contributed by atoms with E-state index >= 15 is 0 Å². The lowest BCUT2D eigenvalue weighted by atomic mass is 9.97. The standard InChI is InChI=1S/C22H21N3O2/c1-22(27-2)11-10-20-24-19-15-16(6-8-17-5-3-4-13-23-17)7-9-18(19)21(26)25(20)14-12-22/h3-5,7,9,13,15H,10-12,14H2,1-2H3. The van der Waals surface area contributed by atoms with Gasteiger partial charge in [0.1, 0.15) is 11.5 Å². The van der Waals surface area contributed by atoms with Crippen LogP contribution in [-0.2, 0) is 17.7 Å². The fraction of sp³-hybridized carbons (Fsp3) is 0.318. The van der Waals surface area contributed by atoms with Gasteiger partial charge < -0.3 is 4.74 Å². The molecule has 0 fully saturated rings. The molecule has 5 heteroatoms. The van der Waals surface area contributed by atoms with Crippen LogP contribution >= 0.6 is 0 Å². The maximum Gasteiger partial charge on any atom is 0.261 e. The van der Waals surface area contributed by atoms with Crippen LogP contribution in [0.25, 0.3) is 10.9 Å². The van der Waals surface area contributed by atoms with Crippen molar-refractivity contribution in [2.75, 3.05) is 7.11 Å². The van der Waals surface area contributed by atoms with Gasteiger partial charge in [-0.15, -0.1) is 0 Å². The van der Waals surface area contributed by atoms with Gasteiger partial charge in [0.25, 0.3) is 5.56 Å². The molecule has 3 heterocycles. The minimum absolute atomic E-state index is 0.0135. The minimum atomic E-state index is -0.217. The molecular formula is C22H21N3O2. The number of hydrogen-bond donors (Lipinski definition) is 0. The van der Waals surface area contributed by atoms with E-state index in [1.807, 2.05) is 36.4 Å². The molecule has 136 valence electrons. The van der Waals surface area contributed by atoms with E-state index in [1.54, 1.807) is 17.9 Å². The molecule has 1 aromatic carbocycles. The molecule has 2 aromatic heterocycles. The van der Waals surface area contributed by atoms with E-state index in [4.69, 9.17) is 9.72 Å². The molecular weight excluding hydrogens is 338 g/mol. The average Bonchev–Trinajstić information content (AvgIpc) is 2.87. The van der Waals surface area contributed by atoms with Gasteiger partial charge in [0.2, 0.25) is 0 Å². The van der Waals surface area contributed by atoms with Crippen LogP contribution in [0.2, 0.25) is 0 Å². The van der Waals surface area contributed by atoms with Crippen molar-refractivity contribution in [3.63, 3.8) is 0 Å². The Bertz CT molecular complexity index is 1110.